The zero-order valence-corrected chi connectivity index (χ0v) is 39.8. The largest absolute Gasteiger partial charge is 0.394 e. The van der Waals surface area contributed by atoms with E-state index in [0.29, 0.717) is 12.8 Å². The summed E-state index contributed by atoms with van der Waals surface area (Å²) in [4.78, 5) is 12.6. The molecule has 6 heteroatoms. The fraction of sp³-hybridized carbons (Fsp3) is 0.943. The highest BCUT2D eigenvalue weighted by atomic mass is 16.3. The van der Waals surface area contributed by atoms with Gasteiger partial charge in [-0.1, -0.05) is 264 Å². The van der Waals surface area contributed by atoms with E-state index >= 15 is 0 Å². The minimum Gasteiger partial charge on any atom is -0.394 e. The molecule has 0 spiro atoms. The van der Waals surface area contributed by atoms with Gasteiger partial charge in [-0.15, -0.1) is 0 Å². The smallest absolute Gasteiger partial charge is 0.249 e. The molecule has 0 saturated heterocycles. The molecule has 5 N–H and O–H groups in total. The van der Waals surface area contributed by atoms with Gasteiger partial charge < -0.3 is 25.7 Å². The molecule has 6 nitrogen and oxygen atoms in total. The summed E-state index contributed by atoms with van der Waals surface area (Å²) < 4.78 is 0. The van der Waals surface area contributed by atoms with Crippen LogP contribution in [0.1, 0.15) is 290 Å². The first-order chi connectivity index (χ1) is 29.0. The maximum atomic E-state index is 12.6. The van der Waals surface area contributed by atoms with Crippen molar-refractivity contribution in [2.24, 2.45) is 0 Å². The molecule has 0 rings (SSSR count). The van der Waals surface area contributed by atoms with Crippen LogP contribution >= 0.6 is 0 Å². The molecule has 0 aromatic heterocycles. The topological polar surface area (TPSA) is 110 Å². The second-order valence-electron chi connectivity index (χ2n) is 18.6. The summed E-state index contributed by atoms with van der Waals surface area (Å²) in [6, 6.07) is -0.984. The van der Waals surface area contributed by atoms with Crippen molar-refractivity contribution in [2.45, 2.75) is 314 Å². The Morgan fingerprint density at radius 2 is 0.678 bits per heavy atom. The number of nitrogens with one attached hydrogen (secondary N) is 1. The average Bonchev–Trinajstić information content (AvgIpc) is 3.24. The molecule has 4 unspecified atom stereocenters. The van der Waals surface area contributed by atoms with Crippen molar-refractivity contribution in [2.75, 3.05) is 6.61 Å². The Hall–Kier alpha value is -0.950. The van der Waals surface area contributed by atoms with Crippen LogP contribution < -0.4 is 5.32 Å². The van der Waals surface area contributed by atoms with Crippen LogP contribution in [0.2, 0.25) is 0 Å². The zero-order valence-electron chi connectivity index (χ0n) is 39.8. The van der Waals surface area contributed by atoms with Crippen molar-refractivity contribution < 1.29 is 25.2 Å². The Kier molecular flexibility index (Phi) is 47.3. The van der Waals surface area contributed by atoms with E-state index in [2.05, 4.69) is 31.3 Å². The highest BCUT2D eigenvalue weighted by Crippen LogP contribution is 2.18. The number of carbonyl (C=O) groups is 1. The molecule has 0 fully saturated rings. The molecule has 4 atom stereocenters. The molecule has 0 aliphatic rings. The monoisotopic (exact) mass is 836 g/mol. The van der Waals surface area contributed by atoms with Crippen LogP contribution in [0, 0.1) is 0 Å². The minimum absolute atomic E-state index is 0.369. The van der Waals surface area contributed by atoms with Crippen LogP contribution in [0.4, 0.5) is 0 Å². The normalized spacial score (nSPS) is 13.9. The lowest BCUT2D eigenvalue weighted by molar-refractivity contribution is -0.132. The van der Waals surface area contributed by atoms with E-state index in [9.17, 15) is 25.2 Å². The summed E-state index contributed by atoms with van der Waals surface area (Å²) in [5, 5.41) is 43.9. The van der Waals surface area contributed by atoms with Crippen LogP contribution in [0.25, 0.3) is 0 Å². The highest BCUT2D eigenvalue weighted by Gasteiger charge is 2.28. The number of hydrogen-bond acceptors (Lipinski definition) is 5. The number of rotatable bonds is 49. The molecule has 1 amide bonds. The third kappa shape index (κ3) is 42.1. The Balaban J connectivity index is 3.64. The molecule has 0 heterocycles. The molecule has 59 heavy (non-hydrogen) atoms. The van der Waals surface area contributed by atoms with Gasteiger partial charge in [0, 0.05) is 0 Å². The predicted molar refractivity (Wildman–Crippen MR) is 256 cm³/mol. The summed E-state index contributed by atoms with van der Waals surface area (Å²) in [6.45, 7) is 4.09. The molecule has 0 aliphatic carbocycles. The van der Waals surface area contributed by atoms with Gasteiger partial charge in [0.1, 0.15) is 12.2 Å². The summed E-state index contributed by atoms with van der Waals surface area (Å²) in [6.07, 6.45) is 55.5. The van der Waals surface area contributed by atoms with E-state index in [1.807, 2.05) is 0 Å². The van der Waals surface area contributed by atoms with E-state index in [1.54, 1.807) is 0 Å². The van der Waals surface area contributed by atoms with Gasteiger partial charge in [0.25, 0.3) is 0 Å². The van der Waals surface area contributed by atoms with Crippen LogP contribution in [-0.4, -0.2) is 57.3 Å². The summed E-state index contributed by atoms with van der Waals surface area (Å²) in [7, 11) is 0. The lowest BCUT2D eigenvalue weighted by atomic mass is 9.99. The maximum absolute atomic E-state index is 12.6. The standard InChI is InChI=1S/C53H105NO5/c1-3-5-7-9-11-13-15-17-19-21-23-24-25-26-27-29-31-33-35-37-39-41-43-45-47-51(57)53(59)54-49(48-55)52(58)50(56)46-44-42-40-38-36-34-32-30-28-22-20-18-16-14-12-10-8-6-4-2/h26-27,49-52,55-58H,3-25,28-48H2,1-2H3,(H,54,59)/b27-26-. The maximum Gasteiger partial charge on any atom is 0.249 e. The van der Waals surface area contributed by atoms with Crippen molar-refractivity contribution in [3.63, 3.8) is 0 Å². The fourth-order valence-electron chi connectivity index (χ4n) is 8.52. The molecular weight excluding hydrogens is 731 g/mol. The van der Waals surface area contributed by atoms with Gasteiger partial charge >= 0.3 is 0 Å². The quantitative estimate of drug-likeness (QED) is 0.0310. The van der Waals surface area contributed by atoms with E-state index in [-0.39, 0.29) is 0 Å². The second kappa shape index (κ2) is 48.1. The van der Waals surface area contributed by atoms with E-state index < -0.39 is 36.9 Å². The number of aliphatic hydroxyl groups excluding tert-OH is 4. The van der Waals surface area contributed by atoms with Crippen molar-refractivity contribution in [1.29, 1.82) is 0 Å². The van der Waals surface area contributed by atoms with E-state index in [1.165, 1.54) is 225 Å². The third-order valence-corrected chi connectivity index (χ3v) is 12.7. The Bertz CT molecular complexity index is 852. The van der Waals surface area contributed by atoms with Crippen molar-refractivity contribution >= 4 is 5.91 Å². The van der Waals surface area contributed by atoms with Gasteiger partial charge in [0.05, 0.1) is 18.8 Å². The number of carbonyl (C=O) groups excluding carboxylic acids is 1. The molecule has 352 valence electrons. The fourth-order valence-corrected chi connectivity index (χ4v) is 8.52. The molecule has 0 bridgehead atoms. The van der Waals surface area contributed by atoms with Crippen molar-refractivity contribution in [1.82, 2.24) is 5.32 Å². The number of aliphatic hydroxyl groups is 4. The Labute approximate surface area is 368 Å². The number of unbranched alkanes of at least 4 members (excludes halogenated alkanes) is 38. The molecule has 0 saturated carbocycles. The lowest BCUT2D eigenvalue weighted by Gasteiger charge is -2.27. The van der Waals surface area contributed by atoms with E-state index in [4.69, 9.17) is 0 Å². The summed E-state index contributed by atoms with van der Waals surface area (Å²) in [5.74, 6) is -0.582. The van der Waals surface area contributed by atoms with Gasteiger partial charge in [-0.05, 0) is 38.5 Å². The first kappa shape index (κ1) is 58.0. The first-order valence-electron chi connectivity index (χ1n) is 26.6. The first-order valence-corrected chi connectivity index (χ1v) is 26.6. The SMILES string of the molecule is CCCCCCCCCCCCCC/C=C\CCCCCCCCCCC(O)C(=O)NC(CO)C(O)C(O)CCCCCCCCCCCCCCCCCCCCC. The van der Waals surface area contributed by atoms with Crippen LogP contribution in [0.5, 0.6) is 0 Å². The lowest BCUT2D eigenvalue weighted by Crippen LogP contribution is -2.53. The Morgan fingerprint density at radius 1 is 0.407 bits per heavy atom. The van der Waals surface area contributed by atoms with Crippen LogP contribution in [-0.2, 0) is 4.79 Å². The molecular formula is C53H105NO5. The van der Waals surface area contributed by atoms with Gasteiger partial charge in [-0.25, -0.2) is 0 Å². The molecule has 0 aliphatic heterocycles. The summed E-state index contributed by atoms with van der Waals surface area (Å²) >= 11 is 0. The summed E-state index contributed by atoms with van der Waals surface area (Å²) in [5.41, 5.74) is 0. The van der Waals surface area contributed by atoms with Gasteiger partial charge in [-0.2, -0.15) is 0 Å². The zero-order chi connectivity index (χ0) is 43.1. The van der Waals surface area contributed by atoms with Gasteiger partial charge in [0.2, 0.25) is 5.91 Å². The number of allylic oxidation sites excluding steroid dienone is 2. The van der Waals surface area contributed by atoms with Gasteiger partial charge in [-0.3, -0.25) is 4.79 Å². The molecule has 0 radical (unpaired) electrons. The van der Waals surface area contributed by atoms with E-state index in [0.717, 1.165) is 38.5 Å². The molecule has 0 aromatic carbocycles. The molecule has 0 aromatic rings. The van der Waals surface area contributed by atoms with Crippen molar-refractivity contribution in [3.05, 3.63) is 12.2 Å². The van der Waals surface area contributed by atoms with Crippen LogP contribution in [0.15, 0.2) is 12.2 Å². The second-order valence-corrected chi connectivity index (χ2v) is 18.6. The average molecular weight is 836 g/mol. The highest BCUT2D eigenvalue weighted by molar-refractivity contribution is 5.80. The third-order valence-electron chi connectivity index (χ3n) is 12.7. The minimum atomic E-state index is -1.26. The van der Waals surface area contributed by atoms with Gasteiger partial charge in [0.15, 0.2) is 0 Å². The number of amides is 1. The Morgan fingerprint density at radius 3 is 0.983 bits per heavy atom. The van der Waals surface area contributed by atoms with Crippen molar-refractivity contribution in [3.8, 4) is 0 Å². The van der Waals surface area contributed by atoms with Crippen LogP contribution in [0.3, 0.4) is 0 Å². The predicted octanol–water partition coefficient (Wildman–Crippen LogP) is 14.9. The number of hydrogen-bond donors (Lipinski definition) is 5.